The fraction of sp³-hybridized carbons (Fsp3) is 0.414. The van der Waals surface area contributed by atoms with Gasteiger partial charge in [-0.1, -0.05) is 84.9 Å². The Bertz CT molecular complexity index is 1280. The average Bonchev–Trinajstić information content (AvgIpc) is 3.52. The van der Waals surface area contributed by atoms with Crippen LogP contribution >= 0.6 is 23.2 Å². The van der Waals surface area contributed by atoms with E-state index in [0.29, 0.717) is 15.7 Å². The number of rotatable bonds is 6. The van der Waals surface area contributed by atoms with Crippen LogP contribution in [0.5, 0.6) is 0 Å². The number of hydrogen-bond acceptors (Lipinski definition) is 4. The van der Waals surface area contributed by atoms with Gasteiger partial charge in [0.15, 0.2) is 0 Å². The highest BCUT2D eigenvalue weighted by molar-refractivity contribution is 6.35. The molecular weight excluding hydrogens is 525 g/mol. The van der Waals surface area contributed by atoms with Crippen molar-refractivity contribution in [2.45, 2.75) is 62.4 Å². The minimum atomic E-state index is -1.21. The van der Waals surface area contributed by atoms with Crippen molar-refractivity contribution in [3.8, 4) is 0 Å². The molecule has 0 aromatic heterocycles. The summed E-state index contributed by atoms with van der Waals surface area (Å²) in [4.78, 5) is 43.1. The number of ether oxygens (including phenoxy) is 1. The van der Waals surface area contributed by atoms with Crippen LogP contribution in [0.15, 0.2) is 60.7 Å². The lowest BCUT2D eigenvalue weighted by atomic mass is 9.74. The third kappa shape index (κ3) is 4.40. The van der Waals surface area contributed by atoms with E-state index in [-0.39, 0.29) is 30.3 Å². The molecule has 38 heavy (non-hydrogen) atoms. The maximum Gasteiger partial charge on any atom is 0.246 e. The summed E-state index contributed by atoms with van der Waals surface area (Å²) in [7, 11) is 0. The van der Waals surface area contributed by atoms with Crippen LogP contribution in [0.2, 0.25) is 10.0 Å². The molecule has 2 N–H and O–H groups in total. The molecule has 6 rings (SSSR count). The smallest absolute Gasteiger partial charge is 0.246 e. The molecule has 3 heterocycles. The normalized spacial score (nSPS) is 29.9. The molecule has 4 aliphatic rings. The zero-order chi connectivity index (χ0) is 26.4. The minimum absolute atomic E-state index is 0.0784. The first-order valence-corrected chi connectivity index (χ1v) is 13.9. The van der Waals surface area contributed by atoms with Crippen molar-refractivity contribution >= 4 is 46.6 Å². The lowest BCUT2D eigenvalue weighted by Crippen LogP contribution is -2.56. The van der Waals surface area contributed by atoms with Gasteiger partial charge in [0.1, 0.15) is 11.6 Å². The number of likely N-dealkylation sites (tertiary alicyclic amines) is 1. The summed E-state index contributed by atoms with van der Waals surface area (Å²) in [5.41, 5.74) is 0.135. The van der Waals surface area contributed by atoms with Crippen LogP contribution in [0.4, 0.5) is 5.69 Å². The first-order chi connectivity index (χ1) is 18.4. The summed E-state index contributed by atoms with van der Waals surface area (Å²) in [5, 5.41) is 6.84. The Morgan fingerprint density at radius 3 is 2.42 bits per heavy atom. The molecule has 3 aliphatic heterocycles. The van der Waals surface area contributed by atoms with Gasteiger partial charge in [-0.25, -0.2) is 0 Å². The van der Waals surface area contributed by atoms with Crippen molar-refractivity contribution in [1.29, 1.82) is 0 Å². The van der Waals surface area contributed by atoms with Crippen molar-refractivity contribution in [3.05, 3.63) is 76.3 Å². The molecule has 3 amide bonds. The van der Waals surface area contributed by atoms with E-state index in [1.165, 1.54) is 6.42 Å². The van der Waals surface area contributed by atoms with Gasteiger partial charge < -0.3 is 20.3 Å². The molecule has 9 heteroatoms. The topological polar surface area (TPSA) is 87.7 Å². The first-order valence-electron chi connectivity index (χ1n) is 13.1. The molecule has 0 unspecified atom stereocenters. The summed E-state index contributed by atoms with van der Waals surface area (Å²) in [6.45, 7) is 0.251. The average molecular weight is 554 g/mol. The lowest BCUT2D eigenvalue weighted by Gasteiger charge is -2.34. The van der Waals surface area contributed by atoms with E-state index in [1.54, 1.807) is 23.1 Å². The quantitative estimate of drug-likeness (QED) is 0.506. The number of halogens is 2. The Labute approximate surface area is 231 Å². The van der Waals surface area contributed by atoms with E-state index in [1.807, 2.05) is 42.5 Å². The number of nitrogens with one attached hydrogen (secondary N) is 2. The van der Waals surface area contributed by atoms with Crippen LogP contribution in [0.1, 0.15) is 37.7 Å². The number of fused-ring (bicyclic) bond motifs is 1. The number of hydrogen-bond donors (Lipinski definition) is 2. The van der Waals surface area contributed by atoms with Crippen molar-refractivity contribution in [2.75, 3.05) is 5.32 Å². The van der Waals surface area contributed by atoms with Gasteiger partial charge in [0.25, 0.3) is 0 Å². The van der Waals surface area contributed by atoms with Crippen LogP contribution in [0.25, 0.3) is 0 Å². The van der Waals surface area contributed by atoms with Gasteiger partial charge in [-0.05, 0) is 36.6 Å². The van der Waals surface area contributed by atoms with Crippen LogP contribution < -0.4 is 10.6 Å². The van der Waals surface area contributed by atoms with Gasteiger partial charge in [-0.15, -0.1) is 0 Å². The molecule has 1 saturated carbocycles. The van der Waals surface area contributed by atoms with Gasteiger partial charge in [-0.2, -0.15) is 0 Å². The molecule has 3 fully saturated rings. The van der Waals surface area contributed by atoms with E-state index in [4.69, 9.17) is 27.9 Å². The van der Waals surface area contributed by atoms with E-state index in [0.717, 1.165) is 31.2 Å². The highest BCUT2D eigenvalue weighted by Crippen LogP contribution is 2.55. The number of carbonyl (C=O) groups is 3. The van der Waals surface area contributed by atoms with Gasteiger partial charge in [0.05, 0.1) is 17.9 Å². The number of amides is 3. The van der Waals surface area contributed by atoms with E-state index in [2.05, 4.69) is 10.6 Å². The summed E-state index contributed by atoms with van der Waals surface area (Å²) in [6, 6.07) is 13.6. The minimum Gasteiger partial charge on any atom is -0.359 e. The monoisotopic (exact) mass is 553 g/mol. The zero-order valence-electron chi connectivity index (χ0n) is 20.7. The van der Waals surface area contributed by atoms with Gasteiger partial charge >= 0.3 is 0 Å². The Morgan fingerprint density at radius 1 is 1.00 bits per heavy atom. The molecular formula is C29H29Cl2N3O4. The SMILES string of the molecule is O=C(Nc1cc(Cl)cc(Cl)c1)[C@@H]1[C@@H]2C=C[C@]3(O2)[C@@H]1C(=O)N(Cc1ccccc1)[C@@H]3C(=O)NC1CCCCC1. The van der Waals surface area contributed by atoms with Gasteiger partial charge in [0, 0.05) is 28.3 Å². The van der Waals surface area contributed by atoms with Crippen molar-refractivity contribution in [1.82, 2.24) is 10.2 Å². The molecule has 0 radical (unpaired) electrons. The maximum absolute atomic E-state index is 14.1. The number of nitrogens with zero attached hydrogens (tertiary/aromatic N) is 1. The fourth-order valence-corrected chi connectivity index (χ4v) is 7.12. The second-order valence-electron chi connectivity index (χ2n) is 10.6. The van der Waals surface area contributed by atoms with Gasteiger partial charge in [-0.3, -0.25) is 14.4 Å². The molecule has 198 valence electrons. The van der Waals surface area contributed by atoms with E-state index >= 15 is 0 Å². The fourth-order valence-electron chi connectivity index (χ4n) is 6.60. The predicted molar refractivity (Wildman–Crippen MR) is 145 cm³/mol. The highest BCUT2D eigenvalue weighted by Gasteiger charge is 2.72. The van der Waals surface area contributed by atoms with Crippen molar-refractivity contribution in [3.63, 3.8) is 0 Å². The van der Waals surface area contributed by atoms with Crippen LogP contribution in [0.3, 0.4) is 0 Å². The summed E-state index contributed by atoms with van der Waals surface area (Å²) in [5.74, 6) is -2.47. The molecule has 1 aliphatic carbocycles. The second-order valence-corrected chi connectivity index (χ2v) is 11.5. The zero-order valence-corrected chi connectivity index (χ0v) is 22.3. The number of benzene rings is 2. The summed E-state index contributed by atoms with van der Waals surface area (Å²) < 4.78 is 6.42. The Balaban J connectivity index is 1.32. The Kier molecular flexibility index (Phi) is 6.70. The third-order valence-electron chi connectivity index (χ3n) is 8.20. The van der Waals surface area contributed by atoms with Crippen molar-refractivity contribution < 1.29 is 19.1 Å². The number of anilines is 1. The summed E-state index contributed by atoms with van der Waals surface area (Å²) in [6.07, 6.45) is 8.20. The lowest BCUT2D eigenvalue weighted by molar-refractivity contribution is -0.142. The van der Waals surface area contributed by atoms with Crippen molar-refractivity contribution in [2.24, 2.45) is 11.8 Å². The highest BCUT2D eigenvalue weighted by atomic mass is 35.5. The van der Waals surface area contributed by atoms with Crippen LogP contribution in [-0.4, -0.2) is 46.4 Å². The van der Waals surface area contributed by atoms with Crippen LogP contribution in [0, 0.1) is 11.8 Å². The first kappa shape index (κ1) is 25.4. The van der Waals surface area contributed by atoms with E-state index in [9.17, 15) is 14.4 Å². The molecule has 7 nitrogen and oxygen atoms in total. The summed E-state index contributed by atoms with van der Waals surface area (Å²) >= 11 is 12.2. The largest absolute Gasteiger partial charge is 0.359 e. The molecule has 5 atom stereocenters. The Hall–Kier alpha value is -2.87. The van der Waals surface area contributed by atoms with Crippen LogP contribution in [-0.2, 0) is 25.7 Å². The molecule has 2 aromatic rings. The predicted octanol–water partition coefficient (Wildman–Crippen LogP) is 4.73. The maximum atomic E-state index is 14.1. The third-order valence-corrected chi connectivity index (χ3v) is 8.64. The molecule has 2 saturated heterocycles. The second kappa shape index (κ2) is 10.0. The number of carbonyl (C=O) groups excluding carboxylic acids is 3. The van der Waals surface area contributed by atoms with E-state index < -0.39 is 29.6 Å². The van der Waals surface area contributed by atoms with Gasteiger partial charge in [0.2, 0.25) is 17.7 Å². The molecule has 2 bridgehead atoms. The standard InChI is InChI=1S/C29H29Cl2N3O4/c30-18-13-19(31)15-21(14-18)33-26(35)23-22-11-12-29(38-22)24(23)28(37)34(16-17-7-3-1-4-8-17)25(29)27(36)32-20-9-5-2-6-10-20/h1,3-4,7-8,11-15,20,22-25H,2,5-6,9-10,16H2,(H,32,36)(H,33,35)/t22-,23+,24-,25+,29-/m0/s1. The molecule has 2 aromatic carbocycles. The molecule has 1 spiro atoms. The Morgan fingerprint density at radius 2 is 1.71 bits per heavy atom.